The largest absolute Gasteiger partial charge is 0.382 e. The molecule has 1 aromatic heterocycles. The maximum absolute atomic E-state index is 13.0. The number of rotatable bonds is 8. The Morgan fingerprint density at radius 1 is 1.22 bits per heavy atom. The molecule has 0 saturated carbocycles. The molecule has 2 aromatic carbocycles. The van der Waals surface area contributed by atoms with Gasteiger partial charge in [-0.3, -0.25) is 9.36 Å². The Hall–Kier alpha value is -2.62. The summed E-state index contributed by atoms with van der Waals surface area (Å²) in [7, 11) is 0. The quantitative estimate of drug-likeness (QED) is 0.336. The van der Waals surface area contributed by atoms with Crippen molar-refractivity contribution in [3.05, 3.63) is 70.0 Å². The summed E-state index contributed by atoms with van der Waals surface area (Å²) in [4.78, 5) is 17.7. The monoisotopic (exact) mass is 379 g/mol. The van der Waals surface area contributed by atoms with Crippen LogP contribution in [0.4, 0.5) is 0 Å². The zero-order valence-electron chi connectivity index (χ0n) is 15.2. The lowest BCUT2D eigenvalue weighted by Gasteiger charge is -2.13. The van der Waals surface area contributed by atoms with Crippen LogP contribution in [0.15, 0.2) is 58.5 Å². The van der Waals surface area contributed by atoms with Crippen molar-refractivity contribution in [1.29, 1.82) is 5.26 Å². The summed E-state index contributed by atoms with van der Waals surface area (Å²) in [6.45, 7) is 3.81. The Kier molecular flexibility index (Phi) is 6.64. The Labute approximate surface area is 162 Å². The average molecular weight is 379 g/mol. The molecular weight excluding hydrogens is 358 g/mol. The number of nitriles is 1. The fraction of sp³-hybridized carbons (Fsp3) is 0.286. The Bertz CT molecular complexity index is 1020. The number of thioether (sulfide) groups is 1. The Morgan fingerprint density at radius 3 is 2.89 bits per heavy atom. The summed E-state index contributed by atoms with van der Waals surface area (Å²) in [5.74, 6) is 0.645. The SMILES string of the molecule is CCOCCCn1c(SCc2cccc(C#N)c2)nc2ccccc2c1=O. The second-order valence-corrected chi connectivity index (χ2v) is 6.96. The molecule has 0 aliphatic heterocycles. The standard InChI is InChI=1S/C21H21N3O2S/c1-2-26-12-6-11-24-20(25)18-9-3-4-10-19(18)23-21(24)27-15-17-8-5-7-16(13-17)14-22/h3-5,7-10,13H,2,6,11-12,15H2,1H3. The minimum absolute atomic E-state index is 0.0228. The van der Waals surface area contributed by atoms with Crippen LogP contribution >= 0.6 is 11.8 Å². The van der Waals surface area contributed by atoms with Gasteiger partial charge in [0.1, 0.15) is 0 Å². The maximum Gasteiger partial charge on any atom is 0.262 e. The van der Waals surface area contributed by atoms with Crippen molar-refractivity contribution in [3.63, 3.8) is 0 Å². The normalized spacial score (nSPS) is 10.8. The summed E-state index contributed by atoms with van der Waals surface area (Å²) in [6.07, 6.45) is 0.755. The molecule has 1 heterocycles. The summed E-state index contributed by atoms with van der Waals surface area (Å²) < 4.78 is 7.14. The van der Waals surface area contributed by atoms with E-state index in [9.17, 15) is 4.79 Å². The summed E-state index contributed by atoms with van der Waals surface area (Å²) in [6, 6.07) is 17.1. The summed E-state index contributed by atoms with van der Waals surface area (Å²) in [5.41, 5.74) is 2.35. The Morgan fingerprint density at radius 2 is 2.07 bits per heavy atom. The first-order valence-electron chi connectivity index (χ1n) is 8.92. The van der Waals surface area contributed by atoms with Gasteiger partial charge in [0, 0.05) is 25.5 Å². The Balaban J connectivity index is 1.89. The molecule has 0 unspecified atom stereocenters. The van der Waals surface area contributed by atoms with E-state index in [0.717, 1.165) is 12.0 Å². The van der Waals surface area contributed by atoms with Gasteiger partial charge in [-0.15, -0.1) is 0 Å². The zero-order valence-corrected chi connectivity index (χ0v) is 16.0. The van der Waals surface area contributed by atoms with Gasteiger partial charge < -0.3 is 4.74 Å². The van der Waals surface area contributed by atoms with Crippen molar-refractivity contribution in [1.82, 2.24) is 9.55 Å². The van der Waals surface area contributed by atoms with Crippen molar-refractivity contribution >= 4 is 22.7 Å². The van der Waals surface area contributed by atoms with Crippen LogP contribution in [0.1, 0.15) is 24.5 Å². The third-order valence-electron chi connectivity index (χ3n) is 4.13. The van der Waals surface area contributed by atoms with Gasteiger partial charge in [0.25, 0.3) is 5.56 Å². The lowest BCUT2D eigenvalue weighted by Crippen LogP contribution is -2.24. The third-order valence-corrected chi connectivity index (χ3v) is 5.17. The van der Waals surface area contributed by atoms with Crippen LogP contribution in [-0.2, 0) is 17.0 Å². The summed E-state index contributed by atoms with van der Waals surface area (Å²) >= 11 is 1.51. The number of nitrogens with zero attached hydrogens (tertiary/aromatic N) is 3. The van der Waals surface area contributed by atoms with Crippen LogP contribution in [0.3, 0.4) is 0 Å². The highest BCUT2D eigenvalue weighted by Crippen LogP contribution is 2.23. The minimum atomic E-state index is -0.0228. The lowest BCUT2D eigenvalue weighted by molar-refractivity contribution is 0.140. The predicted molar refractivity (Wildman–Crippen MR) is 108 cm³/mol. The molecule has 27 heavy (non-hydrogen) atoms. The van der Waals surface area contributed by atoms with E-state index >= 15 is 0 Å². The number of hydrogen-bond acceptors (Lipinski definition) is 5. The highest BCUT2D eigenvalue weighted by atomic mass is 32.2. The fourth-order valence-electron chi connectivity index (χ4n) is 2.80. The molecule has 138 valence electrons. The van der Waals surface area contributed by atoms with E-state index in [1.807, 2.05) is 49.4 Å². The van der Waals surface area contributed by atoms with E-state index in [0.29, 0.717) is 47.1 Å². The molecule has 3 aromatic rings. The van der Waals surface area contributed by atoms with Crippen LogP contribution in [0, 0.1) is 11.3 Å². The topological polar surface area (TPSA) is 67.9 Å². The van der Waals surface area contributed by atoms with E-state index < -0.39 is 0 Å². The van der Waals surface area contributed by atoms with E-state index in [1.54, 1.807) is 10.6 Å². The van der Waals surface area contributed by atoms with Gasteiger partial charge >= 0.3 is 0 Å². The van der Waals surface area contributed by atoms with Gasteiger partial charge in [-0.1, -0.05) is 36.0 Å². The maximum atomic E-state index is 13.0. The predicted octanol–water partition coefficient (Wildman–Crippen LogP) is 3.99. The second kappa shape index (κ2) is 9.36. The van der Waals surface area contributed by atoms with Gasteiger partial charge in [0.2, 0.25) is 0 Å². The van der Waals surface area contributed by atoms with Crippen molar-refractivity contribution in [3.8, 4) is 6.07 Å². The minimum Gasteiger partial charge on any atom is -0.382 e. The first-order valence-corrected chi connectivity index (χ1v) is 9.90. The van der Waals surface area contributed by atoms with E-state index in [1.165, 1.54) is 11.8 Å². The molecule has 0 amide bonds. The van der Waals surface area contributed by atoms with Gasteiger partial charge in [-0.05, 0) is 43.2 Å². The molecule has 6 heteroatoms. The van der Waals surface area contributed by atoms with Crippen molar-refractivity contribution in [2.24, 2.45) is 0 Å². The van der Waals surface area contributed by atoms with E-state index in [-0.39, 0.29) is 5.56 Å². The van der Waals surface area contributed by atoms with Crippen molar-refractivity contribution in [2.45, 2.75) is 30.8 Å². The smallest absolute Gasteiger partial charge is 0.262 e. The summed E-state index contributed by atoms with van der Waals surface area (Å²) in [5, 5.41) is 10.4. The highest BCUT2D eigenvalue weighted by Gasteiger charge is 2.11. The number of para-hydroxylation sites is 1. The number of ether oxygens (including phenoxy) is 1. The number of aromatic nitrogens is 2. The van der Waals surface area contributed by atoms with Crippen LogP contribution in [-0.4, -0.2) is 22.8 Å². The number of fused-ring (bicyclic) bond motifs is 1. The molecule has 0 radical (unpaired) electrons. The molecule has 3 rings (SSSR count). The van der Waals surface area contributed by atoms with Crippen LogP contribution in [0.5, 0.6) is 0 Å². The average Bonchev–Trinajstić information content (AvgIpc) is 2.71. The first-order chi connectivity index (χ1) is 13.2. The zero-order chi connectivity index (χ0) is 19.1. The second-order valence-electron chi connectivity index (χ2n) is 6.02. The number of benzene rings is 2. The fourth-order valence-corrected chi connectivity index (χ4v) is 3.77. The van der Waals surface area contributed by atoms with Crippen LogP contribution < -0.4 is 5.56 Å². The van der Waals surface area contributed by atoms with E-state index in [2.05, 4.69) is 6.07 Å². The molecule has 0 N–H and O–H groups in total. The molecule has 0 aliphatic carbocycles. The highest BCUT2D eigenvalue weighted by molar-refractivity contribution is 7.98. The molecule has 0 aliphatic rings. The molecule has 0 saturated heterocycles. The van der Waals surface area contributed by atoms with Crippen LogP contribution in [0.2, 0.25) is 0 Å². The number of hydrogen-bond donors (Lipinski definition) is 0. The molecule has 5 nitrogen and oxygen atoms in total. The van der Waals surface area contributed by atoms with Gasteiger partial charge in [0.15, 0.2) is 5.16 Å². The lowest BCUT2D eigenvalue weighted by atomic mass is 10.2. The van der Waals surface area contributed by atoms with Gasteiger partial charge in [0.05, 0.1) is 22.5 Å². The third kappa shape index (κ3) is 4.76. The molecular formula is C21H21N3O2S. The van der Waals surface area contributed by atoms with Crippen LogP contribution in [0.25, 0.3) is 10.9 Å². The molecule has 0 atom stereocenters. The van der Waals surface area contributed by atoms with Crippen molar-refractivity contribution in [2.75, 3.05) is 13.2 Å². The van der Waals surface area contributed by atoms with E-state index in [4.69, 9.17) is 15.0 Å². The molecule has 0 fully saturated rings. The molecule has 0 bridgehead atoms. The van der Waals surface area contributed by atoms with Gasteiger partial charge in [-0.2, -0.15) is 5.26 Å². The van der Waals surface area contributed by atoms with Gasteiger partial charge in [-0.25, -0.2) is 4.98 Å². The molecule has 0 spiro atoms. The van der Waals surface area contributed by atoms with Crippen molar-refractivity contribution < 1.29 is 4.74 Å². The first kappa shape index (κ1) is 19.2.